The Balaban J connectivity index is 1.92. The van der Waals surface area contributed by atoms with Crippen molar-refractivity contribution >= 4 is 38.2 Å². The first kappa shape index (κ1) is 20.2. The molecule has 0 radical (unpaired) electrons. The molecule has 9 heteroatoms. The average Bonchev–Trinajstić information content (AvgIpc) is 3.01. The molecule has 0 spiro atoms. The predicted octanol–water partition coefficient (Wildman–Crippen LogP) is 1.70. The van der Waals surface area contributed by atoms with E-state index in [1.54, 1.807) is 18.3 Å². The Morgan fingerprint density at radius 2 is 2.11 bits per heavy atom. The Kier molecular flexibility index (Phi) is 5.83. The van der Waals surface area contributed by atoms with Gasteiger partial charge in [0.25, 0.3) is 0 Å². The number of aromatic nitrogens is 1. The number of halogens is 1. The number of pyridine rings is 1. The van der Waals surface area contributed by atoms with E-state index in [0.717, 1.165) is 0 Å². The van der Waals surface area contributed by atoms with Crippen LogP contribution in [0.3, 0.4) is 0 Å². The van der Waals surface area contributed by atoms with E-state index < -0.39 is 22.1 Å². The van der Waals surface area contributed by atoms with Crippen LogP contribution < -0.4 is 5.73 Å². The van der Waals surface area contributed by atoms with Crippen molar-refractivity contribution in [3.63, 3.8) is 0 Å². The van der Waals surface area contributed by atoms with Crippen LogP contribution in [0, 0.1) is 5.92 Å². The summed E-state index contributed by atoms with van der Waals surface area (Å²) in [5.41, 5.74) is 6.20. The summed E-state index contributed by atoms with van der Waals surface area (Å²) in [5, 5.41) is 1.32. The van der Waals surface area contributed by atoms with Crippen molar-refractivity contribution in [1.82, 2.24) is 14.2 Å². The van der Waals surface area contributed by atoms with Gasteiger partial charge in [-0.25, -0.2) is 8.42 Å². The first-order chi connectivity index (χ1) is 12.7. The van der Waals surface area contributed by atoms with E-state index in [2.05, 4.69) is 4.98 Å². The number of ketones is 1. The van der Waals surface area contributed by atoms with E-state index in [0.29, 0.717) is 30.2 Å². The molecule has 1 aliphatic rings. The van der Waals surface area contributed by atoms with E-state index in [1.165, 1.54) is 16.6 Å². The topological polar surface area (TPSA) is 96.6 Å². The highest BCUT2D eigenvalue weighted by Crippen LogP contribution is 2.34. The van der Waals surface area contributed by atoms with Crippen molar-refractivity contribution in [1.29, 1.82) is 0 Å². The van der Waals surface area contributed by atoms with E-state index in [9.17, 15) is 13.2 Å². The Bertz CT molecular complexity index is 959. The number of Topliss-reactive ketones (excluding diaryl/α,β-unsaturated/α-hetero) is 1. The lowest BCUT2D eigenvalue weighted by atomic mass is 9.98. The summed E-state index contributed by atoms with van der Waals surface area (Å²) in [4.78, 5) is 18.5. The van der Waals surface area contributed by atoms with E-state index in [1.807, 2.05) is 19.0 Å². The molecule has 0 bridgehead atoms. The Morgan fingerprint density at radius 1 is 1.37 bits per heavy atom. The van der Waals surface area contributed by atoms with Gasteiger partial charge in [-0.1, -0.05) is 23.7 Å². The molecule has 146 valence electrons. The quantitative estimate of drug-likeness (QED) is 0.778. The molecule has 3 rings (SSSR count). The minimum atomic E-state index is -3.90. The maximum absolute atomic E-state index is 13.3. The number of rotatable bonds is 6. The fourth-order valence-electron chi connectivity index (χ4n) is 3.44. The number of carbonyl (C=O) groups is 1. The summed E-state index contributed by atoms with van der Waals surface area (Å²) >= 11 is 6.23. The first-order valence-electron chi connectivity index (χ1n) is 8.70. The summed E-state index contributed by atoms with van der Waals surface area (Å²) in [6.07, 6.45) is 2.89. The third kappa shape index (κ3) is 3.86. The molecule has 1 fully saturated rings. The van der Waals surface area contributed by atoms with Crippen LogP contribution in [0.2, 0.25) is 5.02 Å². The maximum atomic E-state index is 13.3. The Morgan fingerprint density at radius 3 is 2.81 bits per heavy atom. The molecule has 1 saturated heterocycles. The number of nitrogens with zero attached hydrogens (tertiary/aromatic N) is 3. The zero-order valence-corrected chi connectivity index (χ0v) is 16.9. The lowest BCUT2D eigenvalue weighted by molar-refractivity contribution is -0.123. The molecule has 2 heterocycles. The molecule has 1 aromatic carbocycles. The summed E-state index contributed by atoms with van der Waals surface area (Å²) in [6, 6.07) is 4.91. The van der Waals surface area contributed by atoms with Crippen LogP contribution in [0.4, 0.5) is 0 Å². The minimum Gasteiger partial charge on any atom is -0.314 e. The molecule has 0 aliphatic carbocycles. The SMILES string of the molecule is CN(C)CCC(=O)C1CCN(S(=O)(=O)c2cccc3cncc(Cl)c23)[C@H]1N. The monoisotopic (exact) mass is 410 g/mol. The second kappa shape index (κ2) is 7.81. The predicted molar refractivity (Wildman–Crippen MR) is 105 cm³/mol. The molecule has 1 aliphatic heterocycles. The fourth-order valence-corrected chi connectivity index (χ4v) is 5.56. The van der Waals surface area contributed by atoms with Gasteiger partial charge in [-0.2, -0.15) is 4.31 Å². The molecule has 2 N–H and O–H groups in total. The lowest BCUT2D eigenvalue weighted by Gasteiger charge is -2.24. The highest BCUT2D eigenvalue weighted by molar-refractivity contribution is 7.89. The Hall–Kier alpha value is -1.58. The van der Waals surface area contributed by atoms with Gasteiger partial charge in [-0.15, -0.1) is 0 Å². The summed E-state index contributed by atoms with van der Waals surface area (Å²) in [5.74, 6) is -0.499. The second-order valence-corrected chi connectivity index (χ2v) is 9.26. The Labute approximate surface area is 164 Å². The van der Waals surface area contributed by atoms with Gasteiger partial charge in [0.05, 0.1) is 16.1 Å². The van der Waals surface area contributed by atoms with Crippen LogP contribution in [0.1, 0.15) is 12.8 Å². The third-order valence-electron chi connectivity index (χ3n) is 4.91. The van der Waals surface area contributed by atoms with Crippen LogP contribution in [0.5, 0.6) is 0 Å². The molecule has 1 unspecified atom stereocenters. The molecular formula is C18H23ClN4O3S. The van der Waals surface area contributed by atoms with E-state index >= 15 is 0 Å². The van der Waals surface area contributed by atoms with E-state index in [-0.39, 0.29) is 22.2 Å². The van der Waals surface area contributed by atoms with Crippen molar-refractivity contribution in [2.24, 2.45) is 11.7 Å². The number of nitrogens with two attached hydrogens (primary N) is 1. The van der Waals surface area contributed by atoms with E-state index in [4.69, 9.17) is 17.3 Å². The minimum absolute atomic E-state index is 0.00551. The van der Waals surface area contributed by atoms with Gasteiger partial charge in [0, 0.05) is 48.6 Å². The average molecular weight is 411 g/mol. The van der Waals surface area contributed by atoms with Gasteiger partial charge >= 0.3 is 0 Å². The molecule has 0 saturated carbocycles. The van der Waals surface area contributed by atoms with Gasteiger partial charge in [-0.05, 0) is 26.6 Å². The van der Waals surface area contributed by atoms with Crippen molar-refractivity contribution in [3.05, 3.63) is 35.6 Å². The number of fused-ring (bicyclic) bond motifs is 1. The highest BCUT2D eigenvalue weighted by atomic mass is 35.5. The normalized spacial score (nSPS) is 21.2. The van der Waals surface area contributed by atoms with Crippen molar-refractivity contribution in [3.8, 4) is 0 Å². The summed E-state index contributed by atoms with van der Waals surface area (Å²) < 4.78 is 27.8. The van der Waals surface area contributed by atoms with Gasteiger partial charge in [-0.3, -0.25) is 9.78 Å². The molecule has 27 heavy (non-hydrogen) atoms. The lowest BCUT2D eigenvalue weighted by Crippen LogP contribution is -2.46. The largest absolute Gasteiger partial charge is 0.314 e. The number of benzene rings is 1. The number of carbonyl (C=O) groups excluding carboxylic acids is 1. The molecular weight excluding hydrogens is 388 g/mol. The van der Waals surface area contributed by atoms with Crippen molar-refractivity contribution in [2.45, 2.75) is 23.9 Å². The molecule has 2 aromatic rings. The summed E-state index contributed by atoms with van der Waals surface area (Å²) in [7, 11) is -0.128. The molecule has 1 aromatic heterocycles. The zero-order chi connectivity index (χ0) is 19.8. The second-order valence-electron chi connectivity index (χ2n) is 7.00. The molecule has 7 nitrogen and oxygen atoms in total. The number of hydrogen-bond acceptors (Lipinski definition) is 6. The van der Waals surface area contributed by atoms with Crippen LogP contribution >= 0.6 is 11.6 Å². The number of sulfonamides is 1. The third-order valence-corrected chi connectivity index (χ3v) is 7.14. The number of hydrogen-bond donors (Lipinski definition) is 1. The van der Waals surface area contributed by atoms with Gasteiger partial charge < -0.3 is 10.6 Å². The van der Waals surface area contributed by atoms with Gasteiger partial charge in [0.2, 0.25) is 10.0 Å². The van der Waals surface area contributed by atoms with Crippen LogP contribution in [-0.4, -0.2) is 61.7 Å². The smallest absolute Gasteiger partial charge is 0.245 e. The summed E-state index contributed by atoms with van der Waals surface area (Å²) in [6.45, 7) is 0.821. The first-order valence-corrected chi connectivity index (χ1v) is 10.5. The molecule has 0 amide bonds. The standard InChI is InChI=1S/C18H23ClN4O3S/c1-22(2)8-7-15(24)13-6-9-23(18(13)20)27(25,26)16-5-3-4-12-10-21-11-14(19)17(12)16/h3-5,10-11,13,18H,6-9,20H2,1-2H3/t13?,18-/m1/s1. The van der Waals surface area contributed by atoms with Gasteiger partial charge in [0.15, 0.2) is 0 Å². The van der Waals surface area contributed by atoms with Crippen molar-refractivity contribution < 1.29 is 13.2 Å². The van der Waals surface area contributed by atoms with Crippen LogP contribution in [0.15, 0.2) is 35.5 Å². The van der Waals surface area contributed by atoms with Crippen LogP contribution in [0.25, 0.3) is 10.8 Å². The zero-order valence-electron chi connectivity index (χ0n) is 15.3. The van der Waals surface area contributed by atoms with Gasteiger partial charge in [0.1, 0.15) is 5.78 Å². The highest BCUT2D eigenvalue weighted by Gasteiger charge is 2.42. The van der Waals surface area contributed by atoms with Crippen LogP contribution in [-0.2, 0) is 14.8 Å². The fraction of sp³-hybridized carbons (Fsp3) is 0.444. The molecule has 2 atom stereocenters. The maximum Gasteiger partial charge on any atom is 0.245 e. The van der Waals surface area contributed by atoms with Crippen molar-refractivity contribution in [2.75, 3.05) is 27.2 Å².